The summed E-state index contributed by atoms with van der Waals surface area (Å²) < 4.78 is 12.1. The van der Waals surface area contributed by atoms with E-state index in [2.05, 4.69) is 57.0 Å². The number of amidine groups is 2. The first kappa shape index (κ1) is 23.2. The molecule has 0 unspecified atom stereocenters. The summed E-state index contributed by atoms with van der Waals surface area (Å²) in [5.74, 6) is 3.98. The van der Waals surface area contributed by atoms with Crippen molar-refractivity contribution < 1.29 is 8.83 Å². The average Bonchev–Trinajstić information content (AvgIpc) is 3.59. The Morgan fingerprint density at radius 2 is 1.15 bits per heavy atom. The van der Waals surface area contributed by atoms with Crippen molar-refractivity contribution in [3.8, 4) is 0 Å². The van der Waals surface area contributed by atoms with Gasteiger partial charge in [0.2, 0.25) is 0 Å². The van der Waals surface area contributed by atoms with Gasteiger partial charge in [0.05, 0.1) is 13.1 Å². The lowest BCUT2D eigenvalue weighted by Gasteiger charge is -2.01. The number of halogens is 2. The van der Waals surface area contributed by atoms with Crippen molar-refractivity contribution >= 4 is 58.4 Å². The molecule has 0 bridgehead atoms. The first-order valence-electron chi connectivity index (χ1n) is 10.9. The van der Waals surface area contributed by atoms with Crippen LogP contribution in [0.1, 0.15) is 29.1 Å². The van der Waals surface area contributed by atoms with Gasteiger partial charge in [0.1, 0.15) is 34.4 Å². The maximum atomic E-state index is 6.04. The van der Waals surface area contributed by atoms with Crippen LogP contribution in [0.4, 0.5) is 0 Å². The van der Waals surface area contributed by atoms with E-state index >= 15 is 0 Å². The quantitative estimate of drug-likeness (QED) is 0.408. The summed E-state index contributed by atoms with van der Waals surface area (Å²) in [5.41, 5.74) is 4.10. The van der Waals surface area contributed by atoms with E-state index in [1.54, 1.807) is 0 Å². The van der Waals surface area contributed by atoms with Crippen LogP contribution in [0.25, 0.3) is 21.9 Å². The fourth-order valence-electron chi connectivity index (χ4n) is 4.36. The lowest BCUT2D eigenvalue weighted by molar-refractivity contribution is 0.510. The molecule has 0 amide bonds. The number of fused-ring (bicyclic) bond motifs is 2. The molecule has 0 aliphatic carbocycles. The highest BCUT2D eigenvalue weighted by atomic mass is 35.5. The Labute approximate surface area is 204 Å². The highest BCUT2D eigenvalue weighted by molar-refractivity contribution is 6.03. The Balaban J connectivity index is 0.00000130. The summed E-state index contributed by atoms with van der Waals surface area (Å²) in [6.45, 7) is 3.52. The van der Waals surface area contributed by atoms with E-state index in [4.69, 9.17) is 8.83 Å². The number of aryl methyl sites for hydroxylation is 2. The fourth-order valence-corrected chi connectivity index (χ4v) is 4.36. The van der Waals surface area contributed by atoms with E-state index in [0.717, 1.165) is 102 Å². The largest absolute Gasteiger partial charge is 0.461 e. The third-order valence-corrected chi connectivity index (χ3v) is 5.88. The molecule has 8 heteroatoms. The molecule has 2 aliphatic rings. The van der Waals surface area contributed by atoms with E-state index < -0.39 is 0 Å². The Kier molecular flexibility index (Phi) is 6.96. The number of benzene rings is 2. The van der Waals surface area contributed by atoms with Crippen LogP contribution in [0.2, 0.25) is 0 Å². The molecule has 2 aromatic carbocycles. The second-order valence-electron chi connectivity index (χ2n) is 8.10. The minimum Gasteiger partial charge on any atom is -0.461 e. The van der Waals surface area contributed by atoms with E-state index in [9.17, 15) is 0 Å². The molecule has 0 saturated heterocycles. The van der Waals surface area contributed by atoms with E-state index in [1.165, 1.54) is 0 Å². The molecule has 2 aromatic heterocycles. The molecular formula is C25H26Cl2N4O2. The number of furan rings is 2. The summed E-state index contributed by atoms with van der Waals surface area (Å²) in [6.07, 6.45) is 2.74. The monoisotopic (exact) mass is 484 g/mol. The predicted octanol–water partition coefficient (Wildman–Crippen LogP) is 4.90. The van der Waals surface area contributed by atoms with Crippen LogP contribution < -0.4 is 10.6 Å². The molecule has 172 valence electrons. The minimum atomic E-state index is 0. The highest BCUT2D eigenvalue weighted by Crippen LogP contribution is 2.25. The Morgan fingerprint density at radius 3 is 1.58 bits per heavy atom. The maximum Gasteiger partial charge on any atom is 0.134 e. The number of rotatable bonds is 6. The molecule has 33 heavy (non-hydrogen) atoms. The van der Waals surface area contributed by atoms with Gasteiger partial charge >= 0.3 is 0 Å². The number of nitrogens with zero attached hydrogens (tertiary/aromatic N) is 2. The molecule has 0 spiro atoms. The third kappa shape index (κ3) is 4.72. The summed E-state index contributed by atoms with van der Waals surface area (Å²) >= 11 is 0. The molecule has 0 atom stereocenters. The van der Waals surface area contributed by atoms with Crippen LogP contribution in [0.5, 0.6) is 0 Å². The minimum absolute atomic E-state index is 0. The topological polar surface area (TPSA) is 75.1 Å². The van der Waals surface area contributed by atoms with Crippen molar-refractivity contribution in [3.63, 3.8) is 0 Å². The second kappa shape index (κ2) is 9.89. The lowest BCUT2D eigenvalue weighted by atomic mass is 10.1. The zero-order valence-corrected chi connectivity index (χ0v) is 19.7. The van der Waals surface area contributed by atoms with Gasteiger partial charge in [0.25, 0.3) is 0 Å². The Bertz CT molecular complexity index is 1240. The Hall–Kier alpha value is -2.96. The molecule has 2 N–H and O–H groups in total. The summed E-state index contributed by atoms with van der Waals surface area (Å²) in [7, 11) is 0. The SMILES string of the molecule is Cl.Cl.c1cc2oc(CCCc3cc4cc(C5=NCCN5)ccc4o3)cc2cc1C1=NCCN1. The molecule has 0 fully saturated rings. The van der Waals surface area contributed by atoms with Gasteiger partial charge in [0.15, 0.2) is 0 Å². The van der Waals surface area contributed by atoms with Crippen molar-refractivity contribution in [1.29, 1.82) is 0 Å². The summed E-state index contributed by atoms with van der Waals surface area (Å²) in [5, 5.41) is 8.91. The fraction of sp³-hybridized carbons (Fsp3) is 0.280. The molecule has 0 saturated carbocycles. The average molecular weight is 485 g/mol. The lowest BCUT2D eigenvalue weighted by Crippen LogP contribution is -2.19. The standard InChI is InChI=1S/C25H24N4O2.2ClH/c1(2-20-14-18-12-16(4-6-22(18)30-20)24-26-8-9-27-24)3-21-15-19-13-17(5-7-23(19)31-21)25-28-10-11-29-25;;/h4-7,12-15H,1-3,8-11H2,(H,26,27)(H,28,29);2*1H. The molecule has 4 aromatic rings. The molecule has 4 heterocycles. The summed E-state index contributed by atoms with van der Waals surface area (Å²) in [6, 6.07) is 16.8. The van der Waals surface area contributed by atoms with Gasteiger partial charge in [-0.3, -0.25) is 9.98 Å². The molecule has 6 nitrogen and oxygen atoms in total. The van der Waals surface area contributed by atoms with Crippen molar-refractivity contribution in [1.82, 2.24) is 10.6 Å². The molecular weight excluding hydrogens is 459 g/mol. The maximum absolute atomic E-state index is 6.04. The zero-order chi connectivity index (χ0) is 20.6. The number of hydrogen-bond acceptors (Lipinski definition) is 6. The van der Waals surface area contributed by atoms with Gasteiger partial charge in [0, 0.05) is 47.8 Å². The molecule has 6 rings (SSSR count). The van der Waals surface area contributed by atoms with Crippen molar-refractivity contribution in [3.05, 3.63) is 71.2 Å². The Morgan fingerprint density at radius 1 is 0.667 bits per heavy atom. The number of aliphatic imine (C=N–C) groups is 2. The van der Waals surface area contributed by atoms with Crippen LogP contribution in [-0.2, 0) is 12.8 Å². The smallest absolute Gasteiger partial charge is 0.134 e. The highest BCUT2D eigenvalue weighted by Gasteiger charge is 2.13. The van der Waals surface area contributed by atoms with Gasteiger partial charge < -0.3 is 19.5 Å². The van der Waals surface area contributed by atoms with Crippen LogP contribution in [-0.4, -0.2) is 37.9 Å². The normalized spacial score (nSPS) is 14.9. The van der Waals surface area contributed by atoms with Crippen molar-refractivity contribution in [2.24, 2.45) is 9.98 Å². The van der Waals surface area contributed by atoms with Gasteiger partial charge in [-0.2, -0.15) is 0 Å². The predicted molar refractivity (Wildman–Crippen MR) is 138 cm³/mol. The van der Waals surface area contributed by atoms with Gasteiger partial charge in [-0.1, -0.05) is 0 Å². The van der Waals surface area contributed by atoms with Crippen LogP contribution in [0.15, 0.2) is 67.4 Å². The van der Waals surface area contributed by atoms with Gasteiger partial charge in [-0.05, 0) is 55.0 Å². The van der Waals surface area contributed by atoms with E-state index in [-0.39, 0.29) is 24.8 Å². The van der Waals surface area contributed by atoms with Gasteiger partial charge in [-0.15, -0.1) is 24.8 Å². The van der Waals surface area contributed by atoms with Crippen LogP contribution >= 0.6 is 24.8 Å². The van der Waals surface area contributed by atoms with Crippen molar-refractivity contribution in [2.45, 2.75) is 19.3 Å². The van der Waals surface area contributed by atoms with Crippen LogP contribution in [0.3, 0.4) is 0 Å². The number of hydrogen-bond donors (Lipinski definition) is 2. The van der Waals surface area contributed by atoms with E-state index in [1.807, 2.05) is 12.1 Å². The first-order chi connectivity index (χ1) is 15.3. The zero-order valence-electron chi connectivity index (χ0n) is 18.1. The van der Waals surface area contributed by atoms with Gasteiger partial charge in [-0.25, -0.2) is 0 Å². The second-order valence-corrected chi connectivity index (χ2v) is 8.10. The first-order valence-corrected chi connectivity index (χ1v) is 10.9. The molecule has 0 radical (unpaired) electrons. The van der Waals surface area contributed by atoms with Crippen LogP contribution in [0, 0.1) is 0 Å². The third-order valence-electron chi connectivity index (χ3n) is 5.88. The van der Waals surface area contributed by atoms with E-state index in [0.29, 0.717) is 0 Å². The summed E-state index contributed by atoms with van der Waals surface area (Å²) in [4.78, 5) is 9.01. The van der Waals surface area contributed by atoms with Crippen molar-refractivity contribution in [2.75, 3.05) is 26.2 Å². The number of nitrogens with one attached hydrogen (secondary N) is 2. The molecule has 2 aliphatic heterocycles.